The van der Waals surface area contributed by atoms with Crippen molar-refractivity contribution >= 4 is 10.0 Å². The molecule has 0 saturated carbocycles. The first-order valence-electron chi connectivity index (χ1n) is 4.70. The van der Waals surface area contributed by atoms with Gasteiger partial charge in [0.15, 0.2) is 0 Å². The number of phenolic OH excluding ortho intramolecular Hbond substituents is 1. The number of hydrogen-bond acceptors (Lipinski definition) is 3. The molecule has 1 aromatic carbocycles. The molecule has 0 atom stereocenters. The van der Waals surface area contributed by atoms with E-state index in [2.05, 4.69) is 4.72 Å². The zero-order chi connectivity index (χ0) is 11.3. The molecule has 0 fully saturated rings. The van der Waals surface area contributed by atoms with Gasteiger partial charge in [0.25, 0.3) is 0 Å². The van der Waals surface area contributed by atoms with Gasteiger partial charge in [0.1, 0.15) is 5.75 Å². The molecule has 0 radical (unpaired) electrons. The molecule has 0 aliphatic heterocycles. The maximum Gasteiger partial charge on any atom is 0.208 e. The number of rotatable bonds is 5. The molecule has 5 heteroatoms. The van der Waals surface area contributed by atoms with E-state index in [9.17, 15) is 8.42 Å². The fraction of sp³-hybridized carbons (Fsp3) is 0.400. The average Bonchev–Trinajstić information content (AvgIpc) is 2.14. The monoisotopic (exact) mass is 229 g/mol. The molecule has 1 aromatic rings. The molecule has 2 N–H and O–H groups in total. The summed E-state index contributed by atoms with van der Waals surface area (Å²) in [5.74, 6) is 0.244. The number of benzene rings is 1. The van der Waals surface area contributed by atoms with Crippen LogP contribution in [0.1, 0.15) is 12.0 Å². The minimum atomic E-state index is -3.08. The van der Waals surface area contributed by atoms with Crippen LogP contribution in [-0.4, -0.2) is 26.3 Å². The Hall–Kier alpha value is -1.07. The van der Waals surface area contributed by atoms with Crippen LogP contribution in [0.2, 0.25) is 0 Å². The standard InChI is InChI=1S/C10H15NO3S/c1-15(13,14)11-8-2-3-9-4-6-10(12)7-5-9/h4-7,11-12H,2-3,8H2,1H3. The predicted octanol–water partition coefficient (Wildman–Crippen LogP) is 0.874. The second-order valence-electron chi connectivity index (χ2n) is 3.44. The van der Waals surface area contributed by atoms with Crippen molar-refractivity contribution in [3.05, 3.63) is 29.8 Å². The molecule has 1 rings (SSSR count). The van der Waals surface area contributed by atoms with Crippen molar-refractivity contribution in [3.8, 4) is 5.75 Å². The van der Waals surface area contributed by atoms with Crippen molar-refractivity contribution in [2.75, 3.05) is 12.8 Å². The molecule has 0 bridgehead atoms. The third-order valence-electron chi connectivity index (χ3n) is 1.94. The van der Waals surface area contributed by atoms with Gasteiger partial charge in [-0.15, -0.1) is 0 Å². The number of hydrogen-bond donors (Lipinski definition) is 2. The fourth-order valence-corrected chi connectivity index (χ4v) is 1.73. The molecule has 0 heterocycles. The molecule has 0 amide bonds. The van der Waals surface area contributed by atoms with Crippen molar-refractivity contribution in [3.63, 3.8) is 0 Å². The highest BCUT2D eigenvalue weighted by atomic mass is 32.2. The number of nitrogens with one attached hydrogen (secondary N) is 1. The first-order valence-corrected chi connectivity index (χ1v) is 6.59. The molecule has 0 aliphatic carbocycles. The molecule has 0 aliphatic rings. The van der Waals surface area contributed by atoms with Crippen molar-refractivity contribution in [1.82, 2.24) is 4.72 Å². The third-order valence-corrected chi connectivity index (χ3v) is 2.67. The van der Waals surface area contributed by atoms with Crippen molar-refractivity contribution < 1.29 is 13.5 Å². The summed E-state index contributed by atoms with van der Waals surface area (Å²) in [7, 11) is -3.08. The molecule has 0 spiro atoms. The van der Waals surface area contributed by atoms with Crippen molar-refractivity contribution in [2.24, 2.45) is 0 Å². The van der Waals surface area contributed by atoms with E-state index in [0.717, 1.165) is 24.7 Å². The summed E-state index contributed by atoms with van der Waals surface area (Å²) in [6, 6.07) is 6.91. The second kappa shape index (κ2) is 5.14. The quantitative estimate of drug-likeness (QED) is 0.736. The summed E-state index contributed by atoms with van der Waals surface area (Å²) in [4.78, 5) is 0. The Bertz CT molecular complexity index is 397. The Morgan fingerprint density at radius 1 is 1.27 bits per heavy atom. The van der Waals surface area contributed by atoms with E-state index < -0.39 is 10.0 Å². The number of aromatic hydroxyl groups is 1. The lowest BCUT2D eigenvalue weighted by atomic mass is 10.1. The number of sulfonamides is 1. The van der Waals surface area contributed by atoms with Crippen LogP contribution in [0.3, 0.4) is 0 Å². The second-order valence-corrected chi connectivity index (χ2v) is 5.27. The molecular weight excluding hydrogens is 214 g/mol. The van der Waals surface area contributed by atoms with Crippen molar-refractivity contribution in [1.29, 1.82) is 0 Å². The summed E-state index contributed by atoms with van der Waals surface area (Å²) >= 11 is 0. The lowest BCUT2D eigenvalue weighted by Gasteiger charge is -2.02. The highest BCUT2D eigenvalue weighted by Crippen LogP contribution is 2.10. The molecule has 15 heavy (non-hydrogen) atoms. The van der Waals surface area contributed by atoms with E-state index in [1.165, 1.54) is 0 Å². The minimum absolute atomic E-state index is 0.244. The molecule has 0 aromatic heterocycles. The van der Waals surface area contributed by atoms with Gasteiger partial charge in [-0.1, -0.05) is 12.1 Å². The molecule has 4 nitrogen and oxygen atoms in total. The van der Waals surface area contributed by atoms with Gasteiger partial charge in [-0.2, -0.15) is 0 Å². The van der Waals surface area contributed by atoms with Crippen molar-refractivity contribution in [2.45, 2.75) is 12.8 Å². The minimum Gasteiger partial charge on any atom is -0.508 e. The SMILES string of the molecule is CS(=O)(=O)NCCCc1ccc(O)cc1. The van der Waals surface area contributed by atoms with E-state index >= 15 is 0 Å². The summed E-state index contributed by atoms with van der Waals surface area (Å²) < 4.78 is 23.9. The summed E-state index contributed by atoms with van der Waals surface area (Å²) in [6.07, 6.45) is 2.69. The molecule has 0 unspecified atom stereocenters. The predicted molar refractivity (Wildman–Crippen MR) is 59.3 cm³/mol. The van der Waals surface area contributed by atoms with Gasteiger partial charge in [-0.25, -0.2) is 13.1 Å². The van der Waals surface area contributed by atoms with E-state index in [1.807, 2.05) is 12.1 Å². The van der Waals surface area contributed by atoms with Crippen LogP contribution in [0.15, 0.2) is 24.3 Å². The van der Waals surface area contributed by atoms with Gasteiger partial charge >= 0.3 is 0 Å². The van der Waals surface area contributed by atoms with Gasteiger partial charge in [0, 0.05) is 6.54 Å². The Morgan fingerprint density at radius 3 is 2.40 bits per heavy atom. The zero-order valence-electron chi connectivity index (χ0n) is 8.60. The fourth-order valence-electron chi connectivity index (χ4n) is 1.21. The first kappa shape index (κ1) is 12.0. The van der Waals surface area contributed by atoms with Crippen LogP contribution in [0.25, 0.3) is 0 Å². The summed E-state index contributed by atoms with van der Waals surface area (Å²) in [5.41, 5.74) is 1.09. The molecule has 84 valence electrons. The Morgan fingerprint density at radius 2 is 1.87 bits per heavy atom. The first-order chi connectivity index (χ1) is 6.97. The van der Waals surface area contributed by atoms with E-state index in [0.29, 0.717) is 6.54 Å². The van der Waals surface area contributed by atoms with Gasteiger partial charge in [-0.05, 0) is 30.5 Å². The third kappa shape index (κ3) is 5.39. The van der Waals surface area contributed by atoms with Crippen LogP contribution in [0, 0.1) is 0 Å². The van der Waals surface area contributed by atoms with Crippen LogP contribution >= 0.6 is 0 Å². The normalized spacial score (nSPS) is 11.5. The van der Waals surface area contributed by atoms with Crippen LogP contribution in [0.5, 0.6) is 5.75 Å². The van der Waals surface area contributed by atoms with Crippen LogP contribution in [0.4, 0.5) is 0 Å². The maximum absolute atomic E-state index is 10.7. The zero-order valence-corrected chi connectivity index (χ0v) is 9.42. The largest absolute Gasteiger partial charge is 0.508 e. The van der Waals surface area contributed by atoms with Gasteiger partial charge in [0.2, 0.25) is 10.0 Å². The molecule has 0 saturated heterocycles. The topological polar surface area (TPSA) is 66.4 Å². The average molecular weight is 229 g/mol. The van der Waals surface area contributed by atoms with Gasteiger partial charge < -0.3 is 5.11 Å². The maximum atomic E-state index is 10.7. The Balaban J connectivity index is 2.29. The van der Waals surface area contributed by atoms with Crippen LogP contribution in [-0.2, 0) is 16.4 Å². The Kier molecular flexibility index (Phi) is 4.11. The molecular formula is C10H15NO3S. The number of phenols is 1. The van der Waals surface area contributed by atoms with Gasteiger partial charge in [0.05, 0.1) is 6.26 Å². The lowest BCUT2D eigenvalue weighted by molar-refractivity contribution is 0.475. The highest BCUT2D eigenvalue weighted by molar-refractivity contribution is 7.88. The highest BCUT2D eigenvalue weighted by Gasteiger charge is 1.99. The van der Waals surface area contributed by atoms with Gasteiger partial charge in [-0.3, -0.25) is 0 Å². The van der Waals surface area contributed by atoms with E-state index in [4.69, 9.17) is 5.11 Å². The number of aryl methyl sites for hydroxylation is 1. The summed E-state index contributed by atoms with van der Waals surface area (Å²) in [5, 5.41) is 9.04. The Labute approximate surface area is 90.0 Å². The van der Waals surface area contributed by atoms with E-state index in [-0.39, 0.29) is 5.75 Å². The van der Waals surface area contributed by atoms with Crippen LogP contribution < -0.4 is 4.72 Å². The van der Waals surface area contributed by atoms with E-state index in [1.54, 1.807) is 12.1 Å². The summed E-state index contributed by atoms with van der Waals surface area (Å²) in [6.45, 7) is 0.444. The lowest BCUT2D eigenvalue weighted by Crippen LogP contribution is -2.23. The smallest absolute Gasteiger partial charge is 0.208 e.